The Morgan fingerprint density at radius 3 is 2.67 bits per heavy atom. The predicted molar refractivity (Wildman–Crippen MR) is 96.8 cm³/mol. The highest BCUT2D eigenvalue weighted by molar-refractivity contribution is 7.92. The van der Waals surface area contributed by atoms with Crippen molar-refractivity contribution in [2.75, 3.05) is 21.9 Å². The number of amides is 1. The molecule has 2 aliphatic rings. The molecule has 1 aliphatic carbocycles. The van der Waals surface area contributed by atoms with Crippen molar-refractivity contribution in [2.45, 2.75) is 51.9 Å². The predicted octanol–water partition coefficient (Wildman–Crippen LogP) is 3.31. The maximum atomic E-state index is 12.4. The Bertz CT molecular complexity index is 709. The Morgan fingerprint density at radius 1 is 1.21 bits per heavy atom. The number of nitrogens with zero attached hydrogens (tertiary/aromatic N) is 1. The van der Waals surface area contributed by atoms with Crippen molar-refractivity contribution in [2.24, 2.45) is 5.92 Å². The molecule has 1 aromatic carbocycles. The Balaban J connectivity index is 1.77. The molecule has 1 heterocycles. The number of nitrogens with one attached hydrogen (secondary N) is 1. The summed E-state index contributed by atoms with van der Waals surface area (Å²) in [6.45, 7) is 2.21. The number of aryl methyl sites for hydroxylation is 1. The second kappa shape index (κ2) is 7.13. The third-order valence-electron chi connectivity index (χ3n) is 5.10. The Morgan fingerprint density at radius 2 is 1.96 bits per heavy atom. The second-order valence-electron chi connectivity index (χ2n) is 6.74. The van der Waals surface area contributed by atoms with Crippen molar-refractivity contribution in [1.82, 2.24) is 0 Å². The van der Waals surface area contributed by atoms with Crippen molar-refractivity contribution in [3.05, 3.63) is 23.8 Å². The van der Waals surface area contributed by atoms with Gasteiger partial charge in [0.15, 0.2) is 0 Å². The average Bonchev–Trinajstić information content (AvgIpc) is 2.61. The van der Waals surface area contributed by atoms with E-state index in [0.717, 1.165) is 55.5 Å². The Hall–Kier alpha value is -1.56. The lowest BCUT2D eigenvalue weighted by atomic mass is 9.88. The van der Waals surface area contributed by atoms with Gasteiger partial charge >= 0.3 is 0 Å². The Labute approximate surface area is 144 Å². The summed E-state index contributed by atoms with van der Waals surface area (Å²) in [6, 6.07) is 5.59. The minimum absolute atomic E-state index is 0.100. The van der Waals surface area contributed by atoms with Crippen LogP contribution in [0.15, 0.2) is 18.2 Å². The first-order valence-corrected chi connectivity index (χ1v) is 10.6. The molecule has 0 bridgehead atoms. The van der Waals surface area contributed by atoms with E-state index in [1.165, 1.54) is 10.7 Å². The third kappa shape index (κ3) is 3.58. The van der Waals surface area contributed by atoms with E-state index in [9.17, 15) is 13.2 Å². The van der Waals surface area contributed by atoms with Crippen LogP contribution in [0.2, 0.25) is 0 Å². The molecule has 0 atom stereocenters. The van der Waals surface area contributed by atoms with Gasteiger partial charge < -0.3 is 5.32 Å². The summed E-state index contributed by atoms with van der Waals surface area (Å²) in [5.74, 6) is 0.322. The maximum Gasteiger partial charge on any atom is 0.234 e. The highest BCUT2D eigenvalue weighted by Crippen LogP contribution is 2.32. The highest BCUT2D eigenvalue weighted by atomic mass is 32.2. The van der Waals surface area contributed by atoms with Gasteiger partial charge in [-0.05, 0) is 56.4 Å². The zero-order chi connectivity index (χ0) is 17.2. The summed E-state index contributed by atoms with van der Waals surface area (Å²) in [4.78, 5) is 12.4. The smallest absolute Gasteiger partial charge is 0.234 e. The quantitative estimate of drug-likeness (QED) is 0.906. The SMILES string of the molecule is CCS(=O)(=O)N1CCCc2cc(NC(=O)C3CCCCC3)ccc21. The van der Waals surface area contributed by atoms with E-state index in [0.29, 0.717) is 6.54 Å². The van der Waals surface area contributed by atoms with Crippen LogP contribution in [-0.2, 0) is 21.2 Å². The minimum atomic E-state index is -3.24. The van der Waals surface area contributed by atoms with Crippen LogP contribution in [0.4, 0.5) is 11.4 Å². The van der Waals surface area contributed by atoms with Crippen LogP contribution in [0.1, 0.15) is 51.0 Å². The van der Waals surface area contributed by atoms with E-state index in [1.807, 2.05) is 18.2 Å². The number of fused-ring (bicyclic) bond motifs is 1. The van der Waals surface area contributed by atoms with Crippen molar-refractivity contribution in [3.8, 4) is 0 Å². The van der Waals surface area contributed by atoms with Gasteiger partial charge in [0.25, 0.3) is 0 Å². The number of carbonyl (C=O) groups is 1. The maximum absolute atomic E-state index is 12.4. The molecule has 6 heteroatoms. The van der Waals surface area contributed by atoms with E-state index in [2.05, 4.69) is 5.32 Å². The van der Waals surface area contributed by atoms with Crippen LogP contribution in [0, 0.1) is 5.92 Å². The molecule has 0 radical (unpaired) electrons. The second-order valence-corrected chi connectivity index (χ2v) is 8.93. The summed E-state index contributed by atoms with van der Waals surface area (Å²) in [6.07, 6.45) is 7.09. The number of rotatable bonds is 4. The first-order chi connectivity index (χ1) is 11.5. The van der Waals surface area contributed by atoms with Crippen molar-refractivity contribution in [3.63, 3.8) is 0 Å². The number of anilines is 2. The van der Waals surface area contributed by atoms with Gasteiger partial charge in [-0.2, -0.15) is 0 Å². The molecule has 1 aliphatic heterocycles. The summed E-state index contributed by atoms with van der Waals surface area (Å²) >= 11 is 0. The van der Waals surface area contributed by atoms with Gasteiger partial charge in [-0.25, -0.2) is 8.42 Å². The molecule has 0 spiro atoms. The number of benzene rings is 1. The summed E-state index contributed by atoms with van der Waals surface area (Å²) in [5.41, 5.74) is 2.54. The molecule has 0 saturated heterocycles. The van der Waals surface area contributed by atoms with Crippen LogP contribution >= 0.6 is 0 Å². The highest BCUT2D eigenvalue weighted by Gasteiger charge is 2.27. The fourth-order valence-corrected chi connectivity index (χ4v) is 4.89. The molecule has 0 aromatic heterocycles. The van der Waals surface area contributed by atoms with Gasteiger partial charge in [0.1, 0.15) is 0 Å². The molecule has 0 unspecified atom stereocenters. The zero-order valence-electron chi connectivity index (χ0n) is 14.3. The minimum Gasteiger partial charge on any atom is -0.326 e. The zero-order valence-corrected chi connectivity index (χ0v) is 15.1. The Kier molecular flexibility index (Phi) is 5.13. The van der Waals surface area contributed by atoms with Gasteiger partial charge in [-0.15, -0.1) is 0 Å². The van der Waals surface area contributed by atoms with Crippen LogP contribution < -0.4 is 9.62 Å². The lowest BCUT2D eigenvalue weighted by Crippen LogP contribution is -2.36. The third-order valence-corrected chi connectivity index (χ3v) is 6.88. The molecular weight excluding hydrogens is 324 g/mol. The number of sulfonamides is 1. The first-order valence-electron chi connectivity index (χ1n) is 8.95. The van der Waals surface area contributed by atoms with E-state index >= 15 is 0 Å². The number of hydrogen-bond acceptors (Lipinski definition) is 3. The molecule has 132 valence electrons. The molecule has 24 heavy (non-hydrogen) atoms. The lowest BCUT2D eigenvalue weighted by Gasteiger charge is -2.30. The van der Waals surface area contributed by atoms with Crippen LogP contribution in [0.5, 0.6) is 0 Å². The normalized spacial score (nSPS) is 19.0. The molecule has 1 saturated carbocycles. The largest absolute Gasteiger partial charge is 0.326 e. The van der Waals surface area contributed by atoms with Crippen molar-refractivity contribution in [1.29, 1.82) is 0 Å². The van der Waals surface area contributed by atoms with E-state index < -0.39 is 10.0 Å². The van der Waals surface area contributed by atoms with E-state index in [4.69, 9.17) is 0 Å². The molecule has 1 aromatic rings. The van der Waals surface area contributed by atoms with Crippen LogP contribution in [0.25, 0.3) is 0 Å². The molecule has 5 nitrogen and oxygen atoms in total. The van der Waals surface area contributed by atoms with E-state index in [1.54, 1.807) is 6.92 Å². The van der Waals surface area contributed by atoms with Gasteiger partial charge in [0, 0.05) is 18.2 Å². The molecular formula is C18H26N2O3S. The van der Waals surface area contributed by atoms with Crippen LogP contribution in [0.3, 0.4) is 0 Å². The monoisotopic (exact) mass is 350 g/mol. The summed E-state index contributed by atoms with van der Waals surface area (Å²) < 4.78 is 26.0. The molecule has 1 fully saturated rings. The standard InChI is InChI=1S/C18H26N2O3S/c1-2-24(22,23)20-12-6-9-15-13-16(10-11-17(15)20)19-18(21)14-7-4-3-5-8-14/h10-11,13-14H,2-9,12H2,1H3,(H,19,21). The van der Waals surface area contributed by atoms with Gasteiger partial charge in [-0.3, -0.25) is 9.10 Å². The van der Waals surface area contributed by atoms with Gasteiger partial charge in [0.05, 0.1) is 11.4 Å². The molecule has 1 amide bonds. The average molecular weight is 350 g/mol. The number of carbonyl (C=O) groups excluding carboxylic acids is 1. The van der Waals surface area contributed by atoms with Crippen molar-refractivity contribution < 1.29 is 13.2 Å². The molecule has 1 N–H and O–H groups in total. The van der Waals surface area contributed by atoms with E-state index in [-0.39, 0.29) is 17.6 Å². The van der Waals surface area contributed by atoms with Gasteiger partial charge in [-0.1, -0.05) is 19.3 Å². The van der Waals surface area contributed by atoms with Crippen LogP contribution in [-0.4, -0.2) is 26.6 Å². The fourth-order valence-electron chi connectivity index (χ4n) is 3.69. The first kappa shape index (κ1) is 17.3. The van der Waals surface area contributed by atoms with Crippen molar-refractivity contribution >= 4 is 27.3 Å². The lowest BCUT2D eigenvalue weighted by molar-refractivity contribution is -0.120. The van der Waals surface area contributed by atoms with Gasteiger partial charge in [0.2, 0.25) is 15.9 Å². The summed E-state index contributed by atoms with van der Waals surface area (Å²) in [5, 5.41) is 3.02. The number of hydrogen-bond donors (Lipinski definition) is 1. The summed E-state index contributed by atoms with van der Waals surface area (Å²) in [7, 11) is -3.24. The fraction of sp³-hybridized carbons (Fsp3) is 0.611. The molecule has 3 rings (SSSR count). The topological polar surface area (TPSA) is 66.5 Å².